The maximum Gasteiger partial charge on any atom is 0.354 e. The van der Waals surface area contributed by atoms with Gasteiger partial charge < -0.3 is 26.2 Å². The van der Waals surface area contributed by atoms with Crippen LogP contribution in [0.5, 0.6) is 0 Å². The quantitative estimate of drug-likeness (QED) is 0.592. The summed E-state index contributed by atoms with van der Waals surface area (Å²) in [5, 5.41) is 0. The number of hydrogen-bond donors (Lipinski definition) is 2. The molecule has 5 rings (SSSR count). The third-order valence-corrected chi connectivity index (χ3v) is 7.92. The van der Waals surface area contributed by atoms with Crippen molar-refractivity contribution >= 4 is 11.7 Å². The zero-order chi connectivity index (χ0) is 24.8. The zero-order valence-corrected chi connectivity index (χ0v) is 20.8. The number of carbonyl (C=O) groups is 1. The van der Waals surface area contributed by atoms with Gasteiger partial charge in [-0.2, -0.15) is 4.98 Å². The van der Waals surface area contributed by atoms with Gasteiger partial charge in [-0.05, 0) is 68.3 Å². The van der Waals surface area contributed by atoms with E-state index in [1.807, 2.05) is 23.1 Å². The largest absolute Gasteiger partial charge is 0.354 e. The van der Waals surface area contributed by atoms with Crippen LogP contribution in [0.4, 0.5) is 5.82 Å². The minimum Gasteiger partial charge on any atom is -0.353 e. The molecule has 3 heterocycles. The first-order valence-corrected chi connectivity index (χ1v) is 12.6. The number of carbonyl (C=O) groups excluding carboxylic acids is 1. The first kappa shape index (κ1) is 24.0. The Hall–Kier alpha value is -2.75. The average molecular weight is 480 g/mol. The van der Waals surface area contributed by atoms with Gasteiger partial charge >= 0.3 is 5.69 Å². The Balaban J connectivity index is 1.21. The average Bonchev–Trinajstić information content (AvgIpc) is 3.42. The number of fused-ring (bicyclic) bond motifs is 1. The van der Waals surface area contributed by atoms with E-state index in [9.17, 15) is 9.59 Å². The molecule has 35 heavy (non-hydrogen) atoms. The van der Waals surface area contributed by atoms with Gasteiger partial charge in [0.25, 0.3) is 0 Å². The molecule has 1 aromatic carbocycles. The van der Waals surface area contributed by atoms with Crippen LogP contribution in [0, 0.1) is 11.3 Å². The van der Waals surface area contributed by atoms with Crippen LogP contribution in [0.25, 0.3) is 5.69 Å². The first-order valence-electron chi connectivity index (χ1n) is 12.6. The van der Waals surface area contributed by atoms with E-state index in [4.69, 9.17) is 11.5 Å². The van der Waals surface area contributed by atoms with Crippen molar-refractivity contribution in [3.8, 4) is 5.69 Å². The number of aromatic nitrogens is 2. The Morgan fingerprint density at radius 3 is 2.63 bits per heavy atom. The number of amides is 1. The normalized spacial score (nSPS) is 24.5. The molecule has 1 saturated carbocycles. The summed E-state index contributed by atoms with van der Waals surface area (Å²) in [5.41, 5.74) is 13.2. The molecule has 2 aliphatic heterocycles. The van der Waals surface area contributed by atoms with Gasteiger partial charge in [-0.15, -0.1) is 0 Å². The van der Waals surface area contributed by atoms with E-state index in [0.717, 1.165) is 44.2 Å². The van der Waals surface area contributed by atoms with E-state index in [-0.39, 0.29) is 11.6 Å². The summed E-state index contributed by atoms with van der Waals surface area (Å²) in [6, 6.07) is 10.0. The van der Waals surface area contributed by atoms with Crippen molar-refractivity contribution in [2.45, 2.75) is 32.2 Å². The Morgan fingerprint density at radius 1 is 1.20 bits per heavy atom. The van der Waals surface area contributed by atoms with Gasteiger partial charge in [0, 0.05) is 52.0 Å². The molecule has 0 bridgehead atoms. The number of nitrogens with zero attached hydrogens (tertiary/aromatic N) is 5. The number of nitrogens with two attached hydrogens (primary N) is 2. The standard InChI is InChI=1S/C26H37N7O2/c1-25(2,28)23(34)32-12-10-31(11-13-32)22-7-9-33(24(35)29-22)21-5-3-4-19(14-21)6-8-30-16-20-15-26(20,17-27)18-30/h3-5,7,9,14,20H,6,8,10-13,15-18,27-28H2,1-2H3. The van der Waals surface area contributed by atoms with Gasteiger partial charge in [0.05, 0.1) is 11.2 Å². The van der Waals surface area contributed by atoms with Crippen molar-refractivity contribution in [1.82, 2.24) is 19.4 Å². The van der Waals surface area contributed by atoms with E-state index in [1.165, 1.54) is 12.0 Å². The second kappa shape index (κ2) is 9.04. The number of likely N-dealkylation sites (tertiary alicyclic amines) is 1. The molecule has 2 saturated heterocycles. The predicted octanol–water partition coefficient (Wildman–Crippen LogP) is 0.442. The summed E-state index contributed by atoms with van der Waals surface area (Å²) >= 11 is 0. The van der Waals surface area contributed by atoms with Gasteiger partial charge in [-0.3, -0.25) is 9.36 Å². The Labute approximate surface area is 206 Å². The van der Waals surface area contributed by atoms with Crippen molar-refractivity contribution in [2.24, 2.45) is 22.8 Å². The lowest BCUT2D eigenvalue weighted by Gasteiger charge is -2.37. The summed E-state index contributed by atoms with van der Waals surface area (Å²) in [4.78, 5) is 36.0. The molecule has 1 aromatic heterocycles. The SMILES string of the molecule is CC(C)(N)C(=O)N1CCN(c2ccn(-c3cccc(CCN4CC5CC5(CN)C4)c3)c(=O)n2)CC1. The van der Waals surface area contributed by atoms with Crippen molar-refractivity contribution in [1.29, 1.82) is 0 Å². The molecule has 9 nitrogen and oxygen atoms in total. The van der Waals surface area contributed by atoms with E-state index >= 15 is 0 Å². The van der Waals surface area contributed by atoms with E-state index in [0.29, 0.717) is 37.4 Å². The monoisotopic (exact) mass is 479 g/mol. The third kappa shape index (κ3) is 4.85. The number of hydrogen-bond acceptors (Lipinski definition) is 7. The molecule has 1 aliphatic carbocycles. The number of benzene rings is 1. The molecular weight excluding hydrogens is 442 g/mol. The molecule has 2 aromatic rings. The van der Waals surface area contributed by atoms with Crippen LogP contribution in [-0.4, -0.2) is 83.2 Å². The van der Waals surface area contributed by atoms with Gasteiger partial charge in [0.2, 0.25) is 5.91 Å². The number of rotatable bonds is 7. The molecule has 2 atom stereocenters. The van der Waals surface area contributed by atoms with Crippen LogP contribution >= 0.6 is 0 Å². The van der Waals surface area contributed by atoms with Crippen LogP contribution < -0.4 is 22.1 Å². The van der Waals surface area contributed by atoms with Crippen LogP contribution in [0.2, 0.25) is 0 Å². The molecule has 0 spiro atoms. The van der Waals surface area contributed by atoms with E-state index in [1.54, 1.807) is 29.5 Å². The summed E-state index contributed by atoms with van der Waals surface area (Å²) in [7, 11) is 0. The topological polar surface area (TPSA) is 114 Å². The molecule has 4 N–H and O–H groups in total. The van der Waals surface area contributed by atoms with Crippen LogP contribution in [0.1, 0.15) is 25.8 Å². The predicted molar refractivity (Wildman–Crippen MR) is 137 cm³/mol. The fourth-order valence-corrected chi connectivity index (χ4v) is 5.65. The van der Waals surface area contributed by atoms with Crippen LogP contribution in [-0.2, 0) is 11.2 Å². The molecule has 2 unspecified atom stereocenters. The van der Waals surface area contributed by atoms with Gasteiger partial charge in [-0.25, -0.2) is 4.79 Å². The van der Waals surface area contributed by atoms with E-state index in [2.05, 4.69) is 22.0 Å². The summed E-state index contributed by atoms with van der Waals surface area (Å²) in [6.07, 6.45) is 4.04. The van der Waals surface area contributed by atoms with E-state index < -0.39 is 5.54 Å². The minimum absolute atomic E-state index is 0.0548. The summed E-state index contributed by atoms with van der Waals surface area (Å²) in [5.74, 6) is 1.38. The highest BCUT2D eigenvalue weighted by Gasteiger charge is 2.58. The number of piperazine rings is 1. The summed E-state index contributed by atoms with van der Waals surface area (Å²) < 4.78 is 1.60. The third-order valence-electron chi connectivity index (χ3n) is 7.92. The molecule has 3 fully saturated rings. The molecule has 188 valence electrons. The molecule has 1 amide bonds. The first-order chi connectivity index (χ1) is 16.7. The Kier molecular flexibility index (Phi) is 6.19. The molecule has 3 aliphatic rings. The fourth-order valence-electron chi connectivity index (χ4n) is 5.65. The molecule has 9 heteroatoms. The highest BCUT2D eigenvalue weighted by molar-refractivity contribution is 5.85. The van der Waals surface area contributed by atoms with Crippen LogP contribution in [0.3, 0.4) is 0 Å². The minimum atomic E-state index is -0.878. The molecule has 0 radical (unpaired) electrons. The van der Waals surface area contributed by atoms with Gasteiger partial charge in [0.1, 0.15) is 5.82 Å². The van der Waals surface area contributed by atoms with Crippen molar-refractivity contribution in [2.75, 3.05) is 57.3 Å². The zero-order valence-electron chi connectivity index (χ0n) is 20.8. The van der Waals surface area contributed by atoms with Gasteiger partial charge in [-0.1, -0.05) is 12.1 Å². The number of anilines is 1. The van der Waals surface area contributed by atoms with Crippen molar-refractivity contribution in [3.05, 3.63) is 52.6 Å². The fraction of sp³-hybridized carbons (Fsp3) is 0.577. The Morgan fingerprint density at radius 2 is 1.97 bits per heavy atom. The number of piperidine rings is 1. The van der Waals surface area contributed by atoms with Crippen LogP contribution in [0.15, 0.2) is 41.3 Å². The lowest BCUT2D eigenvalue weighted by Crippen LogP contribution is -2.57. The molecular formula is C26H37N7O2. The smallest absolute Gasteiger partial charge is 0.353 e. The van der Waals surface area contributed by atoms with Crippen molar-refractivity contribution < 1.29 is 4.79 Å². The highest BCUT2D eigenvalue weighted by atomic mass is 16.2. The van der Waals surface area contributed by atoms with Gasteiger partial charge in [0.15, 0.2) is 0 Å². The van der Waals surface area contributed by atoms with Crippen molar-refractivity contribution in [3.63, 3.8) is 0 Å². The maximum absolute atomic E-state index is 12.9. The lowest BCUT2D eigenvalue weighted by atomic mass is 10.0. The second-order valence-corrected chi connectivity index (χ2v) is 11.1. The lowest BCUT2D eigenvalue weighted by molar-refractivity contribution is -0.136. The summed E-state index contributed by atoms with van der Waals surface area (Å²) in [6.45, 7) is 9.92. The maximum atomic E-state index is 12.9. The Bertz CT molecular complexity index is 1140. The second-order valence-electron chi connectivity index (χ2n) is 11.1. The highest BCUT2D eigenvalue weighted by Crippen LogP contribution is 2.56.